The number of rotatable bonds is 5. The first-order valence-corrected chi connectivity index (χ1v) is 8.77. The van der Waals surface area contributed by atoms with Gasteiger partial charge in [-0.25, -0.2) is 0 Å². The third kappa shape index (κ3) is 3.59. The molecule has 1 heteroatoms. The minimum atomic E-state index is 0.351. The molecule has 0 aromatic carbocycles. The molecule has 1 rings (SSSR count). The van der Waals surface area contributed by atoms with Gasteiger partial charge in [0.1, 0.15) is 0 Å². The van der Waals surface area contributed by atoms with Crippen LogP contribution in [-0.2, 0) is 0 Å². The van der Waals surface area contributed by atoms with Gasteiger partial charge in [0.15, 0.2) is 0 Å². The van der Waals surface area contributed by atoms with Crippen LogP contribution in [-0.4, -0.2) is 23.0 Å². The molecule has 0 aromatic heterocycles. The van der Waals surface area contributed by atoms with Gasteiger partial charge in [0.05, 0.1) is 0 Å². The summed E-state index contributed by atoms with van der Waals surface area (Å²) in [6.07, 6.45) is 5.40. The Morgan fingerprint density at radius 1 is 0.950 bits per heavy atom. The maximum absolute atomic E-state index is 2.77. The first-order valence-electron chi connectivity index (χ1n) is 8.77. The highest BCUT2D eigenvalue weighted by atomic mass is 15.2. The number of hydrogen-bond donors (Lipinski definition) is 0. The predicted octanol–water partition coefficient (Wildman–Crippen LogP) is 5.59. The van der Waals surface area contributed by atoms with E-state index in [4.69, 9.17) is 0 Å². The number of hydrogen-bond acceptors (Lipinski definition) is 1. The Balaban J connectivity index is 3.08. The molecular formula is C19H39N. The molecule has 1 saturated heterocycles. The molecular weight excluding hydrogens is 242 g/mol. The van der Waals surface area contributed by atoms with Crippen LogP contribution in [0.25, 0.3) is 0 Å². The van der Waals surface area contributed by atoms with Crippen molar-refractivity contribution in [1.82, 2.24) is 4.90 Å². The van der Waals surface area contributed by atoms with E-state index in [0.29, 0.717) is 11.1 Å². The van der Waals surface area contributed by atoms with Gasteiger partial charge >= 0.3 is 0 Å². The first-order chi connectivity index (χ1) is 9.03. The van der Waals surface area contributed by atoms with Gasteiger partial charge in [0, 0.05) is 11.1 Å². The molecule has 3 unspecified atom stereocenters. The number of likely N-dealkylation sites (tertiary alicyclic amines) is 1. The van der Waals surface area contributed by atoms with E-state index < -0.39 is 0 Å². The normalized spacial score (nSPS) is 36.3. The highest BCUT2D eigenvalue weighted by Crippen LogP contribution is 2.48. The van der Waals surface area contributed by atoms with E-state index in [1.54, 1.807) is 0 Å². The highest BCUT2D eigenvalue weighted by molar-refractivity contribution is 5.05. The molecule has 1 heterocycles. The summed E-state index contributed by atoms with van der Waals surface area (Å²) in [6, 6.07) is 0. The second-order valence-corrected chi connectivity index (χ2v) is 9.00. The Labute approximate surface area is 128 Å². The quantitative estimate of drug-likeness (QED) is 0.634. The summed E-state index contributed by atoms with van der Waals surface area (Å²) >= 11 is 0. The molecule has 0 aliphatic carbocycles. The lowest BCUT2D eigenvalue weighted by atomic mass is 9.63. The summed E-state index contributed by atoms with van der Waals surface area (Å²) in [4.78, 5) is 2.77. The van der Waals surface area contributed by atoms with E-state index in [0.717, 1.165) is 23.7 Å². The average Bonchev–Trinajstić information content (AvgIpc) is 2.23. The van der Waals surface area contributed by atoms with Crippen molar-refractivity contribution in [3.8, 4) is 0 Å². The Hall–Kier alpha value is -0.0400. The lowest BCUT2D eigenvalue weighted by Gasteiger charge is -2.60. The van der Waals surface area contributed by atoms with E-state index in [9.17, 15) is 0 Å². The maximum Gasteiger partial charge on any atom is 0.0216 e. The van der Waals surface area contributed by atoms with Crippen molar-refractivity contribution in [3.05, 3.63) is 0 Å². The molecule has 0 spiro atoms. The maximum atomic E-state index is 2.77. The monoisotopic (exact) mass is 281 g/mol. The standard InChI is InChI=1S/C19H39N/c1-14(2)12-18(7)11-10-17(16(5)6)19(8,20(18)9)13-15(3)4/h14-17H,10-13H2,1-9H3. The molecule has 1 fully saturated rings. The van der Waals surface area contributed by atoms with E-state index >= 15 is 0 Å². The largest absolute Gasteiger partial charge is 0.295 e. The SMILES string of the molecule is CC(C)CC1(C)CCC(C(C)C)C(C)(CC(C)C)N1C. The summed E-state index contributed by atoms with van der Waals surface area (Å²) in [5.74, 6) is 3.16. The second kappa shape index (κ2) is 6.38. The molecule has 3 atom stereocenters. The molecule has 20 heavy (non-hydrogen) atoms. The lowest BCUT2D eigenvalue weighted by molar-refractivity contribution is -0.0947. The summed E-state index contributed by atoms with van der Waals surface area (Å²) in [5.41, 5.74) is 0.730. The van der Waals surface area contributed by atoms with Crippen molar-refractivity contribution >= 4 is 0 Å². The van der Waals surface area contributed by atoms with Crippen molar-refractivity contribution < 1.29 is 0 Å². The van der Waals surface area contributed by atoms with Crippen LogP contribution in [0.2, 0.25) is 0 Å². The molecule has 1 nitrogen and oxygen atoms in total. The van der Waals surface area contributed by atoms with E-state index in [2.05, 4.69) is 67.3 Å². The fourth-order valence-electron chi connectivity index (χ4n) is 5.10. The van der Waals surface area contributed by atoms with Crippen molar-refractivity contribution in [1.29, 1.82) is 0 Å². The van der Waals surface area contributed by atoms with Gasteiger partial charge in [-0.05, 0) is 70.3 Å². The molecule has 120 valence electrons. The van der Waals surface area contributed by atoms with Crippen LogP contribution in [0.4, 0.5) is 0 Å². The van der Waals surface area contributed by atoms with Crippen molar-refractivity contribution in [2.45, 2.75) is 92.2 Å². The van der Waals surface area contributed by atoms with Gasteiger partial charge in [0.25, 0.3) is 0 Å². The Bertz CT molecular complexity index is 307. The minimum absolute atomic E-state index is 0.351. The van der Waals surface area contributed by atoms with Gasteiger partial charge in [-0.2, -0.15) is 0 Å². The Morgan fingerprint density at radius 3 is 1.85 bits per heavy atom. The summed E-state index contributed by atoms with van der Waals surface area (Å²) in [5, 5.41) is 0. The second-order valence-electron chi connectivity index (χ2n) is 9.00. The minimum Gasteiger partial charge on any atom is -0.295 e. The van der Waals surface area contributed by atoms with Crippen LogP contribution >= 0.6 is 0 Å². The zero-order valence-electron chi connectivity index (χ0n) is 15.6. The Morgan fingerprint density at radius 2 is 1.45 bits per heavy atom. The summed E-state index contributed by atoms with van der Waals surface area (Å²) in [7, 11) is 2.40. The fraction of sp³-hybridized carbons (Fsp3) is 1.00. The lowest BCUT2D eigenvalue weighted by Crippen LogP contribution is -2.64. The molecule has 0 bridgehead atoms. The van der Waals surface area contributed by atoms with Crippen LogP contribution in [0, 0.1) is 23.7 Å². The van der Waals surface area contributed by atoms with Crippen LogP contribution in [0.5, 0.6) is 0 Å². The zero-order chi connectivity index (χ0) is 15.7. The van der Waals surface area contributed by atoms with Gasteiger partial charge in [-0.3, -0.25) is 4.90 Å². The summed E-state index contributed by atoms with van der Waals surface area (Å²) in [6.45, 7) is 19.4. The topological polar surface area (TPSA) is 3.24 Å². The van der Waals surface area contributed by atoms with Crippen molar-refractivity contribution in [3.63, 3.8) is 0 Å². The zero-order valence-corrected chi connectivity index (χ0v) is 15.6. The molecule has 1 aliphatic heterocycles. The van der Waals surface area contributed by atoms with Gasteiger partial charge in [0.2, 0.25) is 0 Å². The molecule has 0 saturated carbocycles. The van der Waals surface area contributed by atoms with Crippen LogP contribution < -0.4 is 0 Å². The van der Waals surface area contributed by atoms with Crippen LogP contribution in [0.15, 0.2) is 0 Å². The van der Waals surface area contributed by atoms with Gasteiger partial charge in [-0.15, -0.1) is 0 Å². The smallest absolute Gasteiger partial charge is 0.0216 e. The van der Waals surface area contributed by atoms with E-state index in [-0.39, 0.29) is 0 Å². The average molecular weight is 282 g/mol. The third-order valence-corrected chi connectivity index (χ3v) is 5.84. The molecule has 0 aromatic rings. The van der Waals surface area contributed by atoms with Crippen LogP contribution in [0.3, 0.4) is 0 Å². The third-order valence-electron chi connectivity index (χ3n) is 5.84. The molecule has 0 radical (unpaired) electrons. The number of nitrogens with zero attached hydrogens (tertiary/aromatic N) is 1. The van der Waals surface area contributed by atoms with Crippen LogP contribution in [0.1, 0.15) is 81.1 Å². The van der Waals surface area contributed by atoms with Gasteiger partial charge in [-0.1, -0.05) is 41.5 Å². The predicted molar refractivity (Wildman–Crippen MR) is 91.0 cm³/mol. The summed E-state index contributed by atoms with van der Waals surface area (Å²) < 4.78 is 0. The van der Waals surface area contributed by atoms with Crippen molar-refractivity contribution in [2.24, 2.45) is 23.7 Å². The highest BCUT2D eigenvalue weighted by Gasteiger charge is 2.50. The molecule has 0 amide bonds. The van der Waals surface area contributed by atoms with Crippen molar-refractivity contribution in [2.75, 3.05) is 7.05 Å². The molecule has 0 N–H and O–H groups in total. The van der Waals surface area contributed by atoms with E-state index in [1.165, 1.54) is 25.7 Å². The molecule has 1 aliphatic rings. The number of piperidine rings is 1. The Kier molecular flexibility index (Phi) is 5.75. The fourth-order valence-corrected chi connectivity index (χ4v) is 5.10. The van der Waals surface area contributed by atoms with Gasteiger partial charge < -0.3 is 0 Å². The first kappa shape index (κ1) is 18.0. The van der Waals surface area contributed by atoms with E-state index in [1.807, 2.05) is 0 Å².